The fraction of sp³-hybridized carbons (Fsp3) is 0.364. The molecule has 0 spiro atoms. The van der Waals surface area contributed by atoms with Crippen molar-refractivity contribution >= 4 is 5.91 Å². The highest BCUT2D eigenvalue weighted by molar-refractivity contribution is 5.74. The Kier molecular flexibility index (Phi) is 3.25. The third kappa shape index (κ3) is 2.85. The van der Waals surface area contributed by atoms with Gasteiger partial charge in [0.2, 0.25) is 5.91 Å². The second-order valence-corrected chi connectivity index (χ2v) is 3.70. The van der Waals surface area contributed by atoms with Crippen molar-refractivity contribution < 1.29 is 4.79 Å². The Hall–Kier alpha value is -1.35. The first-order valence-corrected chi connectivity index (χ1v) is 4.61. The molecule has 76 valence electrons. The number of benzene rings is 1. The summed E-state index contributed by atoms with van der Waals surface area (Å²) in [6.45, 7) is 4.01. The monoisotopic (exact) mass is 192 g/mol. The van der Waals surface area contributed by atoms with Gasteiger partial charge in [0.15, 0.2) is 0 Å². The van der Waals surface area contributed by atoms with Gasteiger partial charge >= 0.3 is 0 Å². The molecule has 0 fully saturated rings. The van der Waals surface area contributed by atoms with Crippen LogP contribution in [-0.4, -0.2) is 5.91 Å². The molecule has 3 heteroatoms. The van der Waals surface area contributed by atoms with E-state index in [1.807, 2.05) is 26.0 Å². The van der Waals surface area contributed by atoms with Crippen LogP contribution in [0, 0.1) is 13.8 Å². The largest absolute Gasteiger partial charge is 0.370 e. The van der Waals surface area contributed by atoms with E-state index < -0.39 is 0 Å². The average Bonchev–Trinajstić information content (AvgIpc) is 2.00. The van der Waals surface area contributed by atoms with Crippen LogP contribution in [0.25, 0.3) is 0 Å². The van der Waals surface area contributed by atoms with Crippen molar-refractivity contribution in [1.29, 1.82) is 0 Å². The van der Waals surface area contributed by atoms with E-state index >= 15 is 0 Å². The molecule has 0 bridgehead atoms. The van der Waals surface area contributed by atoms with E-state index in [1.165, 1.54) is 0 Å². The van der Waals surface area contributed by atoms with Crippen LogP contribution >= 0.6 is 0 Å². The van der Waals surface area contributed by atoms with Gasteiger partial charge in [-0.1, -0.05) is 29.3 Å². The number of carbonyl (C=O) groups is 1. The molecule has 0 heterocycles. The zero-order chi connectivity index (χ0) is 10.7. The van der Waals surface area contributed by atoms with Crippen LogP contribution in [0.15, 0.2) is 18.2 Å². The van der Waals surface area contributed by atoms with E-state index in [4.69, 9.17) is 11.5 Å². The summed E-state index contributed by atoms with van der Waals surface area (Å²) >= 11 is 0. The molecule has 0 saturated heterocycles. The van der Waals surface area contributed by atoms with Crippen LogP contribution in [0.3, 0.4) is 0 Å². The van der Waals surface area contributed by atoms with Gasteiger partial charge in [0, 0.05) is 12.5 Å². The summed E-state index contributed by atoms with van der Waals surface area (Å²) in [7, 11) is 0. The Labute approximate surface area is 84.1 Å². The highest BCUT2D eigenvalue weighted by Crippen LogP contribution is 2.17. The van der Waals surface area contributed by atoms with E-state index in [0.29, 0.717) is 0 Å². The maximum absolute atomic E-state index is 10.7. The van der Waals surface area contributed by atoms with Crippen molar-refractivity contribution in [2.24, 2.45) is 11.5 Å². The van der Waals surface area contributed by atoms with Crippen LogP contribution in [0.1, 0.15) is 29.2 Å². The van der Waals surface area contributed by atoms with Crippen LogP contribution in [0.4, 0.5) is 0 Å². The fourth-order valence-corrected chi connectivity index (χ4v) is 1.56. The second-order valence-electron chi connectivity index (χ2n) is 3.70. The second kappa shape index (κ2) is 4.24. The van der Waals surface area contributed by atoms with Crippen LogP contribution < -0.4 is 11.5 Å². The molecule has 0 aliphatic heterocycles. The molecular formula is C11H16N2O. The van der Waals surface area contributed by atoms with Gasteiger partial charge in [-0.15, -0.1) is 0 Å². The Morgan fingerprint density at radius 1 is 1.29 bits per heavy atom. The minimum atomic E-state index is -0.364. The first-order valence-electron chi connectivity index (χ1n) is 4.61. The molecule has 3 nitrogen and oxygen atoms in total. The number of rotatable bonds is 3. The molecule has 1 amide bonds. The van der Waals surface area contributed by atoms with E-state index in [0.717, 1.165) is 16.7 Å². The zero-order valence-corrected chi connectivity index (χ0v) is 8.58. The summed E-state index contributed by atoms with van der Waals surface area (Å²) in [5.74, 6) is -0.364. The summed E-state index contributed by atoms with van der Waals surface area (Å²) in [6, 6.07) is 5.76. The molecular weight excluding hydrogens is 176 g/mol. The van der Waals surface area contributed by atoms with Crippen molar-refractivity contribution in [3.63, 3.8) is 0 Å². The molecule has 1 aromatic carbocycles. The molecule has 0 radical (unpaired) electrons. The lowest BCUT2D eigenvalue weighted by molar-refractivity contribution is -0.118. The third-order valence-corrected chi connectivity index (χ3v) is 2.09. The highest BCUT2D eigenvalue weighted by atomic mass is 16.1. The minimum Gasteiger partial charge on any atom is -0.370 e. The minimum absolute atomic E-state index is 0.197. The molecule has 0 unspecified atom stereocenters. The van der Waals surface area contributed by atoms with Gasteiger partial charge in [0.25, 0.3) is 0 Å². The van der Waals surface area contributed by atoms with Gasteiger partial charge in [0.05, 0.1) is 0 Å². The first kappa shape index (κ1) is 10.7. The van der Waals surface area contributed by atoms with Gasteiger partial charge in [-0.3, -0.25) is 4.79 Å². The van der Waals surface area contributed by atoms with Crippen LogP contribution in [-0.2, 0) is 4.79 Å². The Morgan fingerprint density at radius 3 is 2.21 bits per heavy atom. The Balaban J connectivity index is 2.89. The number of nitrogens with two attached hydrogens (primary N) is 2. The standard InChI is InChI=1S/C11H16N2O/c1-7-3-8(2)5-9(4-7)10(12)6-11(13)14/h3-5,10H,6,12H2,1-2H3,(H2,13,14)/t10-/m0/s1. The lowest BCUT2D eigenvalue weighted by atomic mass is 10.00. The molecule has 0 saturated carbocycles. The van der Waals surface area contributed by atoms with Gasteiger partial charge in [-0.2, -0.15) is 0 Å². The van der Waals surface area contributed by atoms with Crippen molar-refractivity contribution in [2.75, 3.05) is 0 Å². The maximum Gasteiger partial charge on any atom is 0.219 e. The summed E-state index contributed by atoms with van der Waals surface area (Å²) in [5.41, 5.74) is 14.2. The molecule has 0 aliphatic carbocycles. The van der Waals surface area contributed by atoms with Gasteiger partial charge in [-0.25, -0.2) is 0 Å². The number of hydrogen-bond donors (Lipinski definition) is 2. The van der Waals surface area contributed by atoms with E-state index in [9.17, 15) is 4.79 Å². The molecule has 0 aliphatic rings. The molecule has 1 aromatic rings. The lowest BCUT2D eigenvalue weighted by Gasteiger charge is -2.11. The van der Waals surface area contributed by atoms with Crippen LogP contribution in [0.2, 0.25) is 0 Å². The Bertz CT molecular complexity index is 327. The molecule has 4 N–H and O–H groups in total. The van der Waals surface area contributed by atoms with Crippen molar-refractivity contribution in [3.8, 4) is 0 Å². The van der Waals surface area contributed by atoms with Crippen LogP contribution in [0.5, 0.6) is 0 Å². The predicted octanol–water partition coefficient (Wildman–Crippen LogP) is 1.18. The number of aryl methyl sites for hydroxylation is 2. The first-order chi connectivity index (χ1) is 6.49. The SMILES string of the molecule is Cc1cc(C)cc([C@@H](N)CC(N)=O)c1. The summed E-state index contributed by atoms with van der Waals surface area (Å²) in [5, 5.41) is 0. The van der Waals surface area contributed by atoms with Crippen molar-refractivity contribution in [2.45, 2.75) is 26.3 Å². The third-order valence-electron chi connectivity index (χ3n) is 2.09. The molecule has 14 heavy (non-hydrogen) atoms. The highest BCUT2D eigenvalue weighted by Gasteiger charge is 2.09. The van der Waals surface area contributed by atoms with Gasteiger partial charge in [0.1, 0.15) is 0 Å². The zero-order valence-electron chi connectivity index (χ0n) is 8.58. The predicted molar refractivity (Wildman–Crippen MR) is 56.7 cm³/mol. The summed E-state index contributed by atoms with van der Waals surface area (Å²) < 4.78 is 0. The number of carbonyl (C=O) groups excluding carboxylic acids is 1. The topological polar surface area (TPSA) is 69.1 Å². The summed E-state index contributed by atoms with van der Waals surface area (Å²) in [6.07, 6.45) is 0.197. The molecule has 1 atom stereocenters. The van der Waals surface area contributed by atoms with Crippen molar-refractivity contribution in [1.82, 2.24) is 0 Å². The van der Waals surface area contributed by atoms with Gasteiger partial charge in [-0.05, 0) is 19.4 Å². The number of primary amides is 1. The lowest BCUT2D eigenvalue weighted by Crippen LogP contribution is -2.20. The van der Waals surface area contributed by atoms with E-state index in [1.54, 1.807) is 0 Å². The quantitative estimate of drug-likeness (QED) is 0.755. The fourth-order valence-electron chi connectivity index (χ4n) is 1.56. The van der Waals surface area contributed by atoms with E-state index in [-0.39, 0.29) is 18.4 Å². The molecule has 0 aromatic heterocycles. The maximum atomic E-state index is 10.7. The van der Waals surface area contributed by atoms with E-state index in [2.05, 4.69) is 6.07 Å². The smallest absolute Gasteiger partial charge is 0.219 e. The average molecular weight is 192 g/mol. The Morgan fingerprint density at radius 2 is 1.79 bits per heavy atom. The summed E-state index contributed by atoms with van der Waals surface area (Å²) in [4.78, 5) is 10.7. The normalized spacial score (nSPS) is 12.5. The van der Waals surface area contributed by atoms with Crippen molar-refractivity contribution in [3.05, 3.63) is 34.9 Å². The van der Waals surface area contributed by atoms with Gasteiger partial charge < -0.3 is 11.5 Å². The number of amides is 1. The number of hydrogen-bond acceptors (Lipinski definition) is 2. The molecule has 1 rings (SSSR count).